The average Bonchev–Trinajstić information content (AvgIpc) is 2.45. The minimum absolute atomic E-state index is 0.252. The van der Waals surface area contributed by atoms with Crippen LogP contribution in [0, 0.1) is 0 Å². The first-order valence-electron chi connectivity index (χ1n) is 3.89. The Morgan fingerprint density at radius 2 is 2.42 bits per heavy atom. The molecule has 0 fully saturated rings. The van der Waals surface area contributed by atoms with Crippen LogP contribution in [-0.2, 0) is 0 Å². The molecular formula is C7H13N3OS. The molecule has 4 nitrogen and oxygen atoms in total. The number of hydrogen-bond acceptors (Lipinski definition) is 5. The lowest BCUT2D eigenvalue weighted by Gasteiger charge is -1.99. The van der Waals surface area contributed by atoms with E-state index in [4.69, 9.17) is 10.8 Å². The number of aromatic nitrogens is 1. The van der Waals surface area contributed by atoms with Crippen molar-refractivity contribution in [3.8, 4) is 0 Å². The molecule has 0 amide bonds. The topological polar surface area (TPSA) is 71.2 Å². The number of thiazole rings is 1. The third-order valence-electron chi connectivity index (χ3n) is 1.38. The summed E-state index contributed by atoms with van der Waals surface area (Å²) < 4.78 is 0. The van der Waals surface area contributed by atoms with Crippen LogP contribution in [0.15, 0.2) is 6.20 Å². The number of anilines is 2. The lowest BCUT2D eigenvalue weighted by Crippen LogP contribution is -2.01. The molecule has 1 aromatic heterocycles. The summed E-state index contributed by atoms with van der Waals surface area (Å²) in [7, 11) is 0. The Hall–Kier alpha value is -0.810. The Balaban J connectivity index is 2.15. The summed E-state index contributed by atoms with van der Waals surface area (Å²) in [4.78, 5) is 4.03. The molecule has 1 aromatic rings. The van der Waals surface area contributed by atoms with Gasteiger partial charge >= 0.3 is 0 Å². The predicted molar refractivity (Wildman–Crippen MR) is 51.3 cm³/mol. The van der Waals surface area contributed by atoms with Crippen molar-refractivity contribution in [3.63, 3.8) is 0 Å². The number of nitrogens with one attached hydrogen (secondary N) is 1. The third-order valence-corrected chi connectivity index (χ3v) is 2.17. The highest BCUT2D eigenvalue weighted by Gasteiger charge is 1.96. The van der Waals surface area contributed by atoms with Crippen LogP contribution < -0.4 is 11.1 Å². The van der Waals surface area contributed by atoms with E-state index in [-0.39, 0.29) is 6.61 Å². The molecule has 0 saturated carbocycles. The van der Waals surface area contributed by atoms with E-state index in [1.165, 1.54) is 11.3 Å². The molecule has 0 saturated heterocycles. The van der Waals surface area contributed by atoms with Crippen LogP contribution >= 0.6 is 11.3 Å². The maximum atomic E-state index is 8.51. The predicted octanol–water partition coefficient (Wildman–Crippen LogP) is 0.910. The quantitative estimate of drug-likeness (QED) is 0.599. The molecule has 0 radical (unpaired) electrons. The van der Waals surface area contributed by atoms with Gasteiger partial charge in [0.1, 0.15) is 5.00 Å². The van der Waals surface area contributed by atoms with Gasteiger partial charge in [-0.15, -0.1) is 0 Å². The van der Waals surface area contributed by atoms with E-state index in [2.05, 4.69) is 10.3 Å². The number of unbranched alkanes of at least 4 members (excludes halogenated alkanes) is 1. The molecule has 1 rings (SSSR count). The Bertz CT molecular complexity index is 226. The van der Waals surface area contributed by atoms with E-state index >= 15 is 0 Å². The SMILES string of the molecule is Nc1cnc(NCCCCO)s1. The molecule has 0 aromatic carbocycles. The Morgan fingerprint density at radius 1 is 1.58 bits per heavy atom. The smallest absolute Gasteiger partial charge is 0.184 e. The second-order valence-corrected chi connectivity index (χ2v) is 3.49. The normalized spacial score (nSPS) is 10.1. The number of nitrogens with two attached hydrogens (primary N) is 1. The molecule has 0 unspecified atom stereocenters. The van der Waals surface area contributed by atoms with Crippen LogP contribution in [-0.4, -0.2) is 23.2 Å². The summed E-state index contributed by atoms with van der Waals surface area (Å²) in [5, 5.41) is 13.2. The molecule has 0 aliphatic carbocycles. The first-order chi connectivity index (χ1) is 5.83. The standard InChI is InChI=1S/C7H13N3OS/c8-6-5-10-7(12-6)9-3-1-2-4-11/h5,11H,1-4,8H2,(H,9,10). The maximum absolute atomic E-state index is 8.51. The molecule has 0 aliphatic heterocycles. The summed E-state index contributed by atoms with van der Waals surface area (Å²) in [5.74, 6) is 0. The van der Waals surface area contributed by atoms with Crippen molar-refractivity contribution in [2.45, 2.75) is 12.8 Å². The van der Waals surface area contributed by atoms with Gasteiger partial charge in [0.15, 0.2) is 5.13 Å². The van der Waals surface area contributed by atoms with Crippen molar-refractivity contribution < 1.29 is 5.11 Å². The van der Waals surface area contributed by atoms with E-state index < -0.39 is 0 Å². The Kier molecular flexibility index (Phi) is 3.83. The van der Waals surface area contributed by atoms with Gasteiger partial charge < -0.3 is 16.2 Å². The van der Waals surface area contributed by atoms with Gasteiger partial charge in [-0.1, -0.05) is 11.3 Å². The van der Waals surface area contributed by atoms with Crippen molar-refractivity contribution >= 4 is 21.5 Å². The molecule has 0 bridgehead atoms. The number of hydrogen-bond donors (Lipinski definition) is 3. The number of nitrogen functional groups attached to an aromatic ring is 1. The van der Waals surface area contributed by atoms with Gasteiger partial charge in [0, 0.05) is 13.2 Å². The van der Waals surface area contributed by atoms with Crippen molar-refractivity contribution in [1.29, 1.82) is 0 Å². The average molecular weight is 187 g/mol. The van der Waals surface area contributed by atoms with Crippen LogP contribution in [0.4, 0.5) is 10.1 Å². The zero-order valence-electron chi connectivity index (χ0n) is 6.79. The number of aliphatic hydroxyl groups is 1. The zero-order chi connectivity index (χ0) is 8.81. The van der Waals surface area contributed by atoms with Gasteiger partial charge in [0.25, 0.3) is 0 Å². The fourth-order valence-corrected chi connectivity index (χ4v) is 1.41. The van der Waals surface area contributed by atoms with Crippen molar-refractivity contribution in [2.24, 2.45) is 0 Å². The molecule has 4 N–H and O–H groups in total. The Labute approximate surface area is 75.4 Å². The molecular weight excluding hydrogens is 174 g/mol. The second-order valence-electron chi connectivity index (χ2n) is 2.43. The highest BCUT2D eigenvalue weighted by Crippen LogP contribution is 2.19. The molecule has 68 valence electrons. The monoisotopic (exact) mass is 187 g/mol. The second kappa shape index (κ2) is 4.95. The summed E-state index contributed by atoms with van der Waals surface area (Å²) in [5.41, 5.74) is 5.49. The van der Waals surface area contributed by atoms with Gasteiger partial charge in [0.05, 0.1) is 6.20 Å². The molecule has 0 spiro atoms. The van der Waals surface area contributed by atoms with Crippen molar-refractivity contribution in [1.82, 2.24) is 4.98 Å². The first-order valence-corrected chi connectivity index (χ1v) is 4.70. The van der Waals surface area contributed by atoms with Crippen molar-refractivity contribution in [3.05, 3.63) is 6.20 Å². The third kappa shape index (κ3) is 3.06. The van der Waals surface area contributed by atoms with E-state index in [1.807, 2.05) is 0 Å². The number of rotatable bonds is 5. The number of nitrogens with zero attached hydrogens (tertiary/aromatic N) is 1. The van der Waals surface area contributed by atoms with E-state index in [0.717, 1.165) is 29.5 Å². The molecule has 0 aliphatic rings. The fourth-order valence-electron chi connectivity index (χ4n) is 0.800. The zero-order valence-corrected chi connectivity index (χ0v) is 7.60. The van der Waals surface area contributed by atoms with Crippen LogP contribution in [0.3, 0.4) is 0 Å². The summed E-state index contributed by atoms with van der Waals surface area (Å²) in [6.45, 7) is 1.09. The van der Waals surface area contributed by atoms with Gasteiger partial charge in [-0.2, -0.15) is 0 Å². The molecule has 5 heteroatoms. The van der Waals surface area contributed by atoms with Crippen LogP contribution in [0.5, 0.6) is 0 Å². The van der Waals surface area contributed by atoms with Gasteiger partial charge in [-0.05, 0) is 12.8 Å². The van der Waals surface area contributed by atoms with Crippen LogP contribution in [0.1, 0.15) is 12.8 Å². The lowest BCUT2D eigenvalue weighted by atomic mass is 10.3. The van der Waals surface area contributed by atoms with Gasteiger partial charge in [-0.3, -0.25) is 0 Å². The van der Waals surface area contributed by atoms with E-state index in [1.54, 1.807) is 6.20 Å². The van der Waals surface area contributed by atoms with E-state index in [0.29, 0.717) is 0 Å². The van der Waals surface area contributed by atoms with Crippen LogP contribution in [0.25, 0.3) is 0 Å². The highest BCUT2D eigenvalue weighted by atomic mass is 32.1. The first kappa shape index (κ1) is 9.28. The Morgan fingerprint density at radius 3 is 3.00 bits per heavy atom. The fraction of sp³-hybridized carbons (Fsp3) is 0.571. The summed E-state index contributed by atoms with van der Waals surface area (Å²) in [6.07, 6.45) is 3.42. The summed E-state index contributed by atoms with van der Waals surface area (Å²) >= 11 is 1.44. The van der Waals surface area contributed by atoms with E-state index in [9.17, 15) is 0 Å². The lowest BCUT2D eigenvalue weighted by molar-refractivity contribution is 0.286. The molecule has 12 heavy (non-hydrogen) atoms. The molecule has 0 atom stereocenters. The number of aliphatic hydroxyl groups excluding tert-OH is 1. The van der Waals surface area contributed by atoms with Gasteiger partial charge in [0.2, 0.25) is 0 Å². The minimum Gasteiger partial charge on any atom is -0.396 e. The highest BCUT2D eigenvalue weighted by molar-refractivity contribution is 7.19. The maximum Gasteiger partial charge on any atom is 0.184 e. The largest absolute Gasteiger partial charge is 0.396 e. The van der Waals surface area contributed by atoms with Crippen LogP contribution in [0.2, 0.25) is 0 Å². The molecule has 1 heterocycles. The summed E-state index contributed by atoms with van der Waals surface area (Å²) in [6, 6.07) is 0. The minimum atomic E-state index is 0.252. The van der Waals surface area contributed by atoms with Crippen molar-refractivity contribution in [2.75, 3.05) is 24.2 Å². The van der Waals surface area contributed by atoms with Gasteiger partial charge in [-0.25, -0.2) is 4.98 Å².